The largest absolute Gasteiger partial charge is 0.497 e. The van der Waals surface area contributed by atoms with Crippen LogP contribution in [0.4, 0.5) is 0 Å². The number of hydrogen-bond donors (Lipinski definition) is 4. The lowest BCUT2D eigenvalue weighted by Gasteiger charge is -2.29. The second-order valence-corrected chi connectivity index (χ2v) is 10.6. The number of aliphatic hydroxyl groups is 1. The van der Waals surface area contributed by atoms with Gasteiger partial charge in [-0.3, -0.25) is 19.7 Å². The van der Waals surface area contributed by atoms with Crippen LogP contribution in [0.1, 0.15) is 50.2 Å². The standard InChI is InChI=1S/C32H46N4O6.2ClH/c1-3-42-31(39)23-34-27(15-16-30(38)36-17-8-5-9-18-36)32(40)35-28(20-24-11-6-4-7-12-24)29(37)22-33-21-25-13-10-14-26(19-25)41-2;;/h4,6-7,10-14,19,27-29,33-34,37H,3,5,8-9,15-18,20-23H2,1-2H3,(H,35,40);2*1H/t27-,28-,29-;;/m0../s1. The summed E-state index contributed by atoms with van der Waals surface area (Å²) in [5.41, 5.74) is 1.97. The Balaban J connectivity index is 0.00000484. The maximum atomic E-state index is 13.6. The van der Waals surface area contributed by atoms with Crippen molar-refractivity contribution in [3.8, 4) is 5.75 Å². The number of benzene rings is 2. The predicted octanol–water partition coefficient (Wildman–Crippen LogP) is 3.03. The van der Waals surface area contributed by atoms with E-state index in [1.54, 1.807) is 14.0 Å². The quantitative estimate of drug-likeness (QED) is 0.192. The number of ether oxygens (including phenoxy) is 2. The van der Waals surface area contributed by atoms with E-state index >= 15 is 0 Å². The van der Waals surface area contributed by atoms with Gasteiger partial charge in [-0.15, -0.1) is 24.8 Å². The van der Waals surface area contributed by atoms with Gasteiger partial charge in [0, 0.05) is 32.6 Å². The molecule has 0 unspecified atom stereocenters. The monoisotopic (exact) mass is 654 g/mol. The van der Waals surface area contributed by atoms with E-state index in [0.29, 0.717) is 13.0 Å². The summed E-state index contributed by atoms with van der Waals surface area (Å²) in [5.74, 6) is -0.0870. The van der Waals surface area contributed by atoms with Gasteiger partial charge in [-0.2, -0.15) is 0 Å². The number of carbonyl (C=O) groups is 3. The number of halogens is 2. The number of methoxy groups -OCH3 is 1. The minimum atomic E-state index is -0.902. The van der Waals surface area contributed by atoms with Crippen LogP contribution in [0.2, 0.25) is 0 Å². The molecule has 4 N–H and O–H groups in total. The van der Waals surface area contributed by atoms with Crippen molar-refractivity contribution in [3.05, 3.63) is 65.7 Å². The number of nitrogens with zero attached hydrogens (tertiary/aromatic N) is 1. The first kappa shape index (κ1) is 39.1. The molecule has 2 aromatic carbocycles. The van der Waals surface area contributed by atoms with Gasteiger partial charge in [-0.1, -0.05) is 42.5 Å². The molecule has 3 atom stereocenters. The van der Waals surface area contributed by atoms with Crippen molar-refractivity contribution in [1.82, 2.24) is 20.9 Å². The fraction of sp³-hybridized carbons (Fsp3) is 0.531. The lowest BCUT2D eigenvalue weighted by atomic mass is 9.99. The zero-order valence-electron chi connectivity index (χ0n) is 25.7. The van der Waals surface area contributed by atoms with Crippen LogP contribution in [-0.4, -0.2) is 85.9 Å². The molecular formula is C32H48Cl2N4O6. The van der Waals surface area contributed by atoms with Gasteiger partial charge in [0.1, 0.15) is 5.75 Å². The molecule has 0 aliphatic carbocycles. The van der Waals surface area contributed by atoms with E-state index in [0.717, 1.165) is 49.2 Å². The molecule has 44 heavy (non-hydrogen) atoms. The molecule has 0 aromatic heterocycles. The van der Waals surface area contributed by atoms with E-state index in [9.17, 15) is 19.5 Å². The van der Waals surface area contributed by atoms with E-state index in [1.807, 2.05) is 59.5 Å². The number of amides is 2. The van der Waals surface area contributed by atoms with Gasteiger partial charge in [0.2, 0.25) is 11.8 Å². The van der Waals surface area contributed by atoms with E-state index < -0.39 is 24.2 Å². The molecule has 1 heterocycles. The maximum Gasteiger partial charge on any atom is 0.319 e. The van der Waals surface area contributed by atoms with E-state index in [4.69, 9.17) is 9.47 Å². The highest BCUT2D eigenvalue weighted by Crippen LogP contribution is 2.14. The Morgan fingerprint density at radius 1 is 0.977 bits per heavy atom. The first-order chi connectivity index (χ1) is 20.4. The molecule has 2 aromatic rings. The molecule has 0 spiro atoms. The number of likely N-dealkylation sites (tertiary alicyclic amines) is 1. The molecule has 246 valence electrons. The highest BCUT2D eigenvalue weighted by molar-refractivity contribution is 5.86. The number of aliphatic hydroxyl groups excluding tert-OH is 1. The van der Waals surface area contributed by atoms with Crippen LogP contribution in [0.25, 0.3) is 0 Å². The number of esters is 1. The smallest absolute Gasteiger partial charge is 0.319 e. The van der Waals surface area contributed by atoms with Crippen LogP contribution >= 0.6 is 24.8 Å². The molecule has 0 bridgehead atoms. The van der Waals surface area contributed by atoms with Gasteiger partial charge in [-0.25, -0.2) is 0 Å². The summed E-state index contributed by atoms with van der Waals surface area (Å²) in [6.45, 7) is 4.03. The van der Waals surface area contributed by atoms with Crippen molar-refractivity contribution in [3.63, 3.8) is 0 Å². The van der Waals surface area contributed by atoms with Gasteiger partial charge >= 0.3 is 5.97 Å². The third-order valence-electron chi connectivity index (χ3n) is 7.38. The molecule has 2 amide bonds. The Kier molecular flexibility index (Phi) is 19.3. The van der Waals surface area contributed by atoms with Crippen LogP contribution in [-0.2, 0) is 32.1 Å². The van der Waals surface area contributed by atoms with Crippen molar-refractivity contribution in [2.75, 3.05) is 39.9 Å². The van der Waals surface area contributed by atoms with Gasteiger partial charge in [0.15, 0.2) is 0 Å². The van der Waals surface area contributed by atoms with Crippen LogP contribution in [0.15, 0.2) is 54.6 Å². The maximum absolute atomic E-state index is 13.6. The molecule has 10 nitrogen and oxygen atoms in total. The van der Waals surface area contributed by atoms with Gasteiger partial charge < -0.3 is 30.1 Å². The number of hydrogen-bond acceptors (Lipinski definition) is 8. The number of rotatable bonds is 17. The summed E-state index contributed by atoms with van der Waals surface area (Å²) in [6.07, 6.45) is 3.01. The Hall–Kier alpha value is -2.89. The lowest BCUT2D eigenvalue weighted by Crippen LogP contribution is -2.54. The van der Waals surface area contributed by atoms with Crippen molar-refractivity contribution in [2.45, 2.75) is 70.2 Å². The Bertz CT molecular complexity index is 1120. The summed E-state index contributed by atoms with van der Waals surface area (Å²) < 4.78 is 10.3. The Morgan fingerprint density at radius 3 is 2.36 bits per heavy atom. The van der Waals surface area contributed by atoms with Crippen molar-refractivity contribution in [2.24, 2.45) is 0 Å². The topological polar surface area (TPSA) is 129 Å². The Labute approximate surface area is 273 Å². The summed E-state index contributed by atoms with van der Waals surface area (Å²) in [4.78, 5) is 40.3. The first-order valence-corrected chi connectivity index (χ1v) is 14.9. The molecule has 12 heteroatoms. The predicted molar refractivity (Wildman–Crippen MR) is 175 cm³/mol. The zero-order valence-corrected chi connectivity index (χ0v) is 27.3. The molecule has 1 aliphatic heterocycles. The number of piperidine rings is 1. The average Bonchev–Trinajstić information content (AvgIpc) is 3.01. The van der Waals surface area contributed by atoms with Crippen molar-refractivity contribution in [1.29, 1.82) is 0 Å². The first-order valence-electron chi connectivity index (χ1n) is 14.9. The van der Waals surface area contributed by atoms with Crippen LogP contribution in [0, 0.1) is 0 Å². The number of carbonyl (C=O) groups excluding carboxylic acids is 3. The molecule has 0 saturated carbocycles. The average molecular weight is 656 g/mol. The van der Waals surface area contributed by atoms with Gasteiger partial charge in [-0.05, 0) is 62.3 Å². The second-order valence-electron chi connectivity index (χ2n) is 10.6. The minimum absolute atomic E-state index is 0. The van der Waals surface area contributed by atoms with E-state index in [-0.39, 0.29) is 69.2 Å². The van der Waals surface area contributed by atoms with Crippen LogP contribution in [0.3, 0.4) is 0 Å². The van der Waals surface area contributed by atoms with E-state index in [1.165, 1.54) is 0 Å². The lowest BCUT2D eigenvalue weighted by molar-refractivity contribution is -0.142. The summed E-state index contributed by atoms with van der Waals surface area (Å²) in [5, 5.41) is 20.4. The van der Waals surface area contributed by atoms with Gasteiger partial charge in [0.05, 0.1) is 38.4 Å². The van der Waals surface area contributed by atoms with Crippen molar-refractivity contribution >= 4 is 42.6 Å². The normalized spacial score (nSPS) is 14.7. The second kappa shape index (κ2) is 21.8. The molecule has 0 radical (unpaired) electrons. The van der Waals surface area contributed by atoms with E-state index in [2.05, 4.69) is 16.0 Å². The number of nitrogens with one attached hydrogen (secondary N) is 3. The highest BCUT2D eigenvalue weighted by Gasteiger charge is 2.28. The third kappa shape index (κ3) is 13.8. The minimum Gasteiger partial charge on any atom is -0.497 e. The third-order valence-corrected chi connectivity index (χ3v) is 7.38. The summed E-state index contributed by atoms with van der Waals surface area (Å²) >= 11 is 0. The summed E-state index contributed by atoms with van der Waals surface area (Å²) in [7, 11) is 1.62. The summed E-state index contributed by atoms with van der Waals surface area (Å²) in [6, 6.07) is 15.9. The Morgan fingerprint density at radius 2 is 1.68 bits per heavy atom. The molecule has 1 aliphatic rings. The zero-order chi connectivity index (χ0) is 30.2. The van der Waals surface area contributed by atoms with Crippen LogP contribution in [0.5, 0.6) is 5.75 Å². The van der Waals surface area contributed by atoms with Crippen LogP contribution < -0.4 is 20.7 Å². The molecule has 1 fully saturated rings. The SMILES string of the molecule is CCOC(=O)CN[C@@H](CCC(=O)N1CCCCC1)C(=O)N[C@@H](Cc1ccccc1)[C@@H](O)CNCc1cccc(OC)c1.Cl.Cl. The fourth-order valence-electron chi connectivity index (χ4n) is 5.04. The fourth-order valence-corrected chi connectivity index (χ4v) is 5.04. The highest BCUT2D eigenvalue weighted by atomic mass is 35.5. The van der Waals surface area contributed by atoms with Crippen molar-refractivity contribution < 1.29 is 29.0 Å². The molecule has 1 saturated heterocycles. The van der Waals surface area contributed by atoms with Gasteiger partial charge in [0.25, 0.3) is 0 Å². The molecular weight excluding hydrogens is 607 g/mol. The molecule has 3 rings (SSSR count).